The summed E-state index contributed by atoms with van der Waals surface area (Å²) in [5.74, 6) is -1.09. The number of hydrogen-bond donors (Lipinski definition) is 2. The molecule has 2 unspecified atom stereocenters. The van der Waals surface area contributed by atoms with Crippen molar-refractivity contribution in [3.63, 3.8) is 0 Å². The minimum absolute atomic E-state index is 0.152. The van der Waals surface area contributed by atoms with E-state index in [9.17, 15) is 9.59 Å². The van der Waals surface area contributed by atoms with Crippen LogP contribution in [0.25, 0.3) is 0 Å². The molecule has 0 saturated heterocycles. The summed E-state index contributed by atoms with van der Waals surface area (Å²) < 4.78 is 0. The van der Waals surface area contributed by atoms with Gasteiger partial charge >= 0.3 is 11.9 Å². The number of carboxylic acid groups (broad SMARTS) is 2. The Morgan fingerprint density at radius 1 is 1.12 bits per heavy atom. The third-order valence-electron chi connectivity index (χ3n) is 3.02. The van der Waals surface area contributed by atoms with Gasteiger partial charge in [-0.2, -0.15) is 0 Å². The van der Waals surface area contributed by atoms with E-state index in [1.54, 1.807) is 0 Å². The van der Waals surface area contributed by atoms with E-state index in [1.165, 1.54) is 0 Å². The van der Waals surface area contributed by atoms with Crippen molar-refractivity contribution < 1.29 is 19.8 Å². The molecule has 0 bridgehead atoms. The van der Waals surface area contributed by atoms with E-state index in [0.29, 0.717) is 12.8 Å². The van der Waals surface area contributed by atoms with E-state index in [4.69, 9.17) is 10.2 Å². The average Bonchev–Trinajstić information content (AvgIpc) is 2.25. The van der Waals surface area contributed by atoms with Gasteiger partial charge < -0.3 is 10.2 Å². The van der Waals surface area contributed by atoms with Crippen LogP contribution >= 0.6 is 0 Å². The summed E-state index contributed by atoms with van der Waals surface area (Å²) in [6, 6.07) is 0. The van der Waals surface area contributed by atoms with Crippen LogP contribution in [0.2, 0.25) is 0 Å². The van der Waals surface area contributed by atoms with Crippen molar-refractivity contribution >= 4 is 11.9 Å². The van der Waals surface area contributed by atoms with Gasteiger partial charge in [0.15, 0.2) is 0 Å². The van der Waals surface area contributed by atoms with Gasteiger partial charge in [-0.3, -0.25) is 9.59 Å². The summed E-state index contributed by atoms with van der Waals surface area (Å²) >= 11 is 0. The van der Waals surface area contributed by atoms with Gasteiger partial charge in [0.25, 0.3) is 0 Å². The molecule has 0 radical (unpaired) electrons. The van der Waals surface area contributed by atoms with Crippen LogP contribution in [0.3, 0.4) is 0 Å². The van der Waals surface area contributed by atoms with Crippen molar-refractivity contribution in [3.05, 3.63) is 12.2 Å². The maximum atomic E-state index is 10.6. The van der Waals surface area contributed by atoms with Crippen molar-refractivity contribution in [3.8, 4) is 0 Å². The third-order valence-corrected chi connectivity index (χ3v) is 3.02. The topological polar surface area (TPSA) is 74.6 Å². The van der Waals surface area contributed by atoms with Crippen LogP contribution in [-0.2, 0) is 9.59 Å². The van der Waals surface area contributed by atoms with Crippen LogP contribution in [-0.4, -0.2) is 22.2 Å². The molecule has 4 nitrogen and oxygen atoms in total. The van der Waals surface area contributed by atoms with Gasteiger partial charge in [-0.1, -0.05) is 19.1 Å². The van der Waals surface area contributed by atoms with Crippen LogP contribution in [0.5, 0.6) is 0 Å². The quantitative estimate of drug-likeness (QED) is 0.609. The lowest BCUT2D eigenvalue weighted by atomic mass is 9.84. The van der Waals surface area contributed by atoms with Gasteiger partial charge in [-0.25, -0.2) is 0 Å². The second-order valence-electron chi connectivity index (χ2n) is 4.41. The Balaban J connectivity index is 4.22. The Morgan fingerprint density at radius 2 is 1.65 bits per heavy atom. The second kappa shape index (κ2) is 8.79. The molecule has 2 N–H and O–H groups in total. The first-order chi connectivity index (χ1) is 7.97. The van der Waals surface area contributed by atoms with Crippen LogP contribution in [0, 0.1) is 11.8 Å². The molecule has 0 rings (SSSR count). The SMILES string of the molecule is CC=CCC(CCC(=O)O)C(C)CCC(=O)O. The highest BCUT2D eigenvalue weighted by atomic mass is 16.4. The van der Waals surface area contributed by atoms with Crippen molar-refractivity contribution in [1.29, 1.82) is 0 Å². The zero-order valence-corrected chi connectivity index (χ0v) is 10.6. The smallest absolute Gasteiger partial charge is 0.303 e. The fraction of sp³-hybridized carbons (Fsp3) is 0.692. The number of hydrogen-bond acceptors (Lipinski definition) is 2. The van der Waals surface area contributed by atoms with Crippen molar-refractivity contribution in [2.75, 3.05) is 0 Å². The molecule has 0 aromatic carbocycles. The zero-order chi connectivity index (χ0) is 13.3. The van der Waals surface area contributed by atoms with Gasteiger partial charge in [-0.05, 0) is 38.0 Å². The largest absolute Gasteiger partial charge is 0.481 e. The zero-order valence-electron chi connectivity index (χ0n) is 10.6. The lowest BCUT2D eigenvalue weighted by Gasteiger charge is -2.21. The first-order valence-electron chi connectivity index (χ1n) is 6.02. The Hall–Kier alpha value is -1.32. The highest BCUT2D eigenvalue weighted by Gasteiger charge is 2.18. The first-order valence-corrected chi connectivity index (χ1v) is 6.02. The summed E-state index contributed by atoms with van der Waals surface area (Å²) in [5, 5.41) is 17.3. The molecular weight excluding hydrogens is 220 g/mol. The van der Waals surface area contributed by atoms with Crippen molar-refractivity contribution in [2.24, 2.45) is 11.8 Å². The fourth-order valence-electron chi connectivity index (χ4n) is 1.84. The van der Waals surface area contributed by atoms with E-state index in [1.807, 2.05) is 26.0 Å². The molecule has 98 valence electrons. The van der Waals surface area contributed by atoms with Gasteiger partial charge in [0.05, 0.1) is 0 Å². The molecule has 0 aromatic heterocycles. The van der Waals surface area contributed by atoms with E-state index in [-0.39, 0.29) is 24.7 Å². The van der Waals surface area contributed by atoms with Crippen LogP contribution in [0.15, 0.2) is 12.2 Å². The second-order valence-corrected chi connectivity index (χ2v) is 4.41. The number of carboxylic acids is 2. The van der Waals surface area contributed by atoms with Crippen molar-refractivity contribution in [1.82, 2.24) is 0 Å². The van der Waals surface area contributed by atoms with Gasteiger partial charge in [0.2, 0.25) is 0 Å². The van der Waals surface area contributed by atoms with Gasteiger partial charge in [0, 0.05) is 12.8 Å². The van der Waals surface area contributed by atoms with E-state index in [0.717, 1.165) is 6.42 Å². The molecule has 0 aliphatic heterocycles. The molecule has 0 spiro atoms. The molecular formula is C13H22O4. The number of carbonyl (C=O) groups is 2. The van der Waals surface area contributed by atoms with Crippen LogP contribution in [0.4, 0.5) is 0 Å². The highest BCUT2D eigenvalue weighted by Crippen LogP contribution is 2.25. The molecule has 0 heterocycles. The first kappa shape index (κ1) is 15.7. The summed E-state index contributed by atoms with van der Waals surface area (Å²) in [4.78, 5) is 21.1. The molecule has 0 fully saturated rings. The van der Waals surface area contributed by atoms with E-state index in [2.05, 4.69) is 0 Å². The summed E-state index contributed by atoms with van der Waals surface area (Å²) in [6.07, 6.45) is 6.31. The molecule has 0 saturated carbocycles. The van der Waals surface area contributed by atoms with Crippen LogP contribution < -0.4 is 0 Å². The van der Waals surface area contributed by atoms with E-state index < -0.39 is 11.9 Å². The summed E-state index contributed by atoms with van der Waals surface area (Å²) in [7, 11) is 0. The minimum Gasteiger partial charge on any atom is -0.481 e. The van der Waals surface area contributed by atoms with Crippen LogP contribution in [0.1, 0.15) is 46.0 Å². The Kier molecular flexibility index (Phi) is 8.11. The predicted molar refractivity (Wildman–Crippen MR) is 65.8 cm³/mol. The van der Waals surface area contributed by atoms with Gasteiger partial charge in [0.1, 0.15) is 0 Å². The Morgan fingerprint density at radius 3 is 2.12 bits per heavy atom. The Labute approximate surface area is 102 Å². The maximum absolute atomic E-state index is 10.6. The van der Waals surface area contributed by atoms with E-state index >= 15 is 0 Å². The monoisotopic (exact) mass is 242 g/mol. The maximum Gasteiger partial charge on any atom is 0.303 e. The molecule has 0 aromatic rings. The molecule has 0 aliphatic carbocycles. The number of rotatable bonds is 9. The summed E-state index contributed by atoms with van der Waals surface area (Å²) in [5.41, 5.74) is 0. The summed E-state index contributed by atoms with van der Waals surface area (Å²) in [6.45, 7) is 3.93. The third kappa shape index (κ3) is 8.48. The minimum atomic E-state index is -0.792. The molecule has 2 atom stereocenters. The predicted octanol–water partition coefficient (Wildman–Crippen LogP) is 2.93. The lowest BCUT2D eigenvalue weighted by molar-refractivity contribution is -0.138. The molecule has 0 aliphatic rings. The normalized spacial score (nSPS) is 14.7. The van der Waals surface area contributed by atoms with Crippen molar-refractivity contribution in [2.45, 2.75) is 46.0 Å². The number of allylic oxidation sites excluding steroid dienone is 2. The van der Waals surface area contributed by atoms with Gasteiger partial charge in [-0.15, -0.1) is 0 Å². The molecule has 17 heavy (non-hydrogen) atoms. The average molecular weight is 242 g/mol. The standard InChI is InChI=1S/C13H22O4/c1-3-4-5-11(7-9-13(16)17)10(2)6-8-12(14)15/h3-4,10-11H,5-9H2,1-2H3,(H,14,15)(H,16,17). The fourth-order valence-corrected chi connectivity index (χ4v) is 1.84. The Bertz CT molecular complexity index is 271. The molecule has 4 heteroatoms. The lowest BCUT2D eigenvalue weighted by Crippen LogP contribution is -2.14. The number of aliphatic carboxylic acids is 2. The molecule has 0 amide bonds. The highest BCUT2D eigenvalue weighted by molar-refractivity contribution is 5.67.